The largest absolute Gasteiger partial charge is 0.445 e. The Balaban J connectivity index is 1.56. The number of hydrogen-bond donors (Lipinski definition) is 1. The average Bonchev–Trinajstić information content (AvgIpc) is 3.13. The second kappa shape index (κ2) is 17.3. The van der Waals surface area contributed by atoms with Gasteiger partial charge in [0.15, 0.2) is 0 Å². The lowest BCUT2D eigenvalue weighted by atomic mass is 9.97. The van der Waals surface area contributed by atoms with Crippen molar-refractivity contribution in [3.05, 3.63) is 144 Å². The van der Waals surface area contributed by atoms with Crippen molar-refractivity contribution < 1.29 is 33.9 Å². The predicted molar refractivity (Wildman–Crippen MR) is 179 cm³/mol. The highest BCUT2D eigenvalue weighted by Crippen LogP contribution is 2.34. The van der Waals surface area contributed by atoms with Crippen molar-refractivity contribution >= 4 is 40.7 Å². The van der Waals surface area contributed by atoms with Gasteiger partial charge < -0.3 is 28.4 Å². The molecule has 1 aliphatic heterocycles. The van der Waals surface area contributed by atoms with Crippen molar-refractivity contribution in [3.63, 3.8) is 0 Å². The highest BCUT2D eigenvalue weighted by Gasteiger charge is 2.51. The molecule has 0 aromatic heterocycles. The van der Waals surface area contributed by atoms with E-state index in [2.05, 4.69) is 0 Å². The molecule has 0 radical (unpaired) electrons. The Kier molecular flexibility index (Phi) is 10.9. The summed E-state index contributed by atoms with van der Waals surface area (Å²) in [6.07, 6.45) is -6.57. The van der Waals surface area contributed by atoms with Crippen molar-refractivity contribution in [2.75, 3.05) is 6.61 Å². The van der Waals surface area contributed by atoms with E-state index in [1.807, 2.05) is 12.1 Å². The van der Waals surface area contributed by atoms with Gasteiger partial charge in [0.05, 0.1) is 38.4 Å². The SMILES string of the molecule is [2H]C(OC[C@H]1OC(OC(=N)C(Cl)(Cl)Cl)[C@H](OC([2H])c2ccccc2)[C@@H](OC([2H])c2ccccc2)[C@@H]1OC([2H])c1ccccc1)c1ccccc1. The normalized spacial score (nSPS) is 25.5. The summed E-state index contributed by atoms with van der Waals surface area (Å²) >= 11 is 18.0. The molecule has 0 bridgehead atoms. The van der Waals surface area contributed by atoms with Crippen LogP contribution in [0.2, 0.25) is 0 Å². The van der Waals surface area contributed by atoms with Crippen LogP contribution in [0.5, 0.6) is 0 Å². The van der Waals surface area contributed by atoms with Gasteiger partial charge >= 0.3 is 0 Å². The Labute approximate surface area is 290 Å². The van der Waals surface area contributed by atoms with Gasteiger partial charge in [0.2, 0.25) is 12.2 Å². The van der Waals surface area contributed by atoms with Crippen molar-refractivity contribution in [2.24, 2.45) is 0 Å². The monoisotopic (exact) mass is 687 g/mol. The molecule has 9 atom stereocenters. The molecule has 1 heterocycles. The molecule has 0 spiro atoms. The summed E-state index contributed by atoms with van der Waals surface area (Å²) < 4.78 is 70.4. The maximum atomic E-state index is 9.00. The van der Waals surface area contributed by atoms with E-state index in [-0.39, 0.29) is 6.61 Å². The Morgan fingerprint density at radius 2 is 1.00 bits per heavy atom. The first kappa shape index (κ1) is 29.2. The number of benzene rings is 4. The third-order valence-corrected chi connectivity index (χ3v) is 7.36. The van der Waals surface area contributed by atoms with Gasteiger partial charge in [0.25, 0.3) is 3.79 Å². The van der Waals surface area contributed by atoms with Gasteiger partial charge in [-0.25, -0.2) is 0 Å². The molecule has 10 heteroatoms. The number of rotatable bonds is 14. The Hall–Kier alpha value is -2.98. The molecule has 1 aliphatic rings. The smallest absolute Gasteiger partial charge is 0.265 e. The summed E-state index contributed by atoms with van der Waals surface area (Å²) in [5.74, 6) is -0.795. The standard InChI is InChI=1S/C36H36Cl3NO6/c37-36(38,39)35(40)46-34-33(44-24-29-19-11-4-12-20-29)32(43-23-28-17-9-3-10-18-28)31(42-22-27-15-7-2-8-16-27)30(45-34)25-41-21-26-13-5-1-6-14-26/h1-20,30-34,40H,21-25H2/t30-,31-,32+,33-,34?/m1/s1/i21D,22D,23D,24D/t21?,22?,23?,24?,30-,31-,32+,33-,34?. The van der Waals surface area contributed by atoms with Gasteiger partial charge in [0, 0.05) is 0 Å². The number of ether oxygens (including phenoxy) is 6. The Bertz CT molecular complexity index is 1610. The van der Waals surface area contributed by atoms with E-state index >= 15 is 0 Å². The quantitative estimate of drug-likeness (QED) is 0.0821. The zero-order valence-corrected chi connectivity index (χ0v) is 26.8. The maximum absolute atomic E-state index is 9.00. The first-order valence-electron chi connectivity index (χ1n) is 16.8. The molecular weight excluding hydrogens is 649 g/mol. The molecule has 5 unspecified atom stereocenters. The highest BCUT2D eigenvalue weighted by atomic mass is 35.6. The van der Waals surface area contributed by atoms with Gasteiger partial charge in [-0.2, -0.15) is 0 Å². The second-order valence-corrected chi connectivity index (χ2v) is 12.5. The van der Waals surface area contributed by atoms with Crippen LogP contribution in [0.3, 0.4) is 0 Å². The van der Waals surface area contributed by atoms with Crippen LogP contribution in [-0.2, 0) is 54.8 Å². The third kappa shape index (κ3) is 10.3. The summed E-state index contributed by atoms with van der Waals surface area (Å²) in [5.41, 5.74) is 2.09. The minimum absolute atomic E-state index is 0.278. The first-order chi connectivity index (χ1) is 24.0. The molecule has 7 nitrogen and oxygen atoms in total. The number of alkyl halides is 3. The van der Waals surface area contributed by atoms with E-state index in [0.29, 0.717) is 22.3 Å². The number of halogens is 3. The molecule has 4 aromatic rings. The number of nitrogens with one attached hydrogen (secondary N) is 1. The molecule has 1 fully saturated rings. The fourth-order valence-corrected chi connectivity index (χ4v) is 4.72. The van der Waals surface area contributed by atoms with E-state index in [4.69, 9.17) is 74.1 Å². The van der Waals surface area contributed by atoms with Crippen LogP contribution < -0.4 is 0 Å². The summed E-state index contributed by atoms with van der Waals surface area (Å²) in [4.78, 5) is 0. The van der Waals surface area contributed by atoms with Crippen LogP contribution in [0, 0.1) is 5.41 Å². The molecule has 0 amide bonds. The fourth-order valence-electron chi connectivity index (χ4n) is 4.59. The van der Waals surface area contributed by atoms with Gasteiger partial charge in [0.1, 0.15) is 24.4 Å². The first-order valence-corrected chi connectivity index (χ1v) is 15.6. The summed E-state index contributed by atoms with van der Waals surface area (Å²) in [6.45, 7) is -5.30. The topological polar surface area (TPSA) is 79.2 Å². The van der Waals surface area contributed by atoms with E-state index < -0.39 is 66.7 Å². The molecule has 1 saturated heterocycles. The zero-order valence-electron chi connectivity index (χ0n) is 28.5. The molecule has 5 rings (SSSR count). The molecule has 0 aliphatic carbocycles. The van der Waals surface area contributed by atoms with Gasteiger partial charge in [-0.3, -0.25) is 5.41 Å². The molecule has 46 heavy (non-hydrogen) atoms. The predicted octanol–water partition coefficient (Wildman–Crippen LogP) is 8.05. The van der Waals surface area contributed by atoms with Gasteiger partial charge in [-0.05, 0) is 22.3 Å². The highest BCUT2D eigenvalue weighted by molar-refractivity contribution is 6.76. The maximum Gasteiger partial charge on any atom is 0.265 e. The van der Waals surface area contributed by atoms with Gasteiger partial charge in [-0.15, -0.1) is 0 Å². The fraction of sp³-hybridized carbons (Fsp3) is 0.306. The van der Waals surface area contributed by atoms with E-state index in [1.165, 1.54) is 0 Å². The third-order valence-electron chi connectivity index (χ3n) is 6.84. The van der Waals surface area contributed by atoms with Crippen LogP contribution in [0.4, 0.5) is 0 Å². The number of hydrogen-bond acceptors (Lipinski definition) is 7. The van der Waals surface area contributed by atoms with Crippen molar-refractivity contribution in [1.82, 2.24) is 0 Å². The average molecular weight is 689 g/mol. The Morgan fingerprint density at radius 3 is 1.43 bits per heavy atom. The molecular formula is C36H36Cl3NO6. The van der Waals surface area contributed by atoms with Crippen molar-refractivity contribution in [3.8, 4) is 0 Å². The second-order valence-electron chi connectivity index (χ2n) is 10.2. The van der Waals surface area contributed by atoms with Crippen LogP contribution in [0.25, 0.3) is 0 Å². The van der Waals surface area contributed by atoms with E-state index in [9.17, 15) is 0 Å². The van der Waals surface area contributed by atoms with E-state index in [0.717, 1.165) is 0 Å². The summed E-state index contributed by atoms with van der Waals surface area (Å²) in [5, 5.41) is 8.38. The minimum atomic E-state index is -2.29. The van der Waals surface area contributed by atoms with E-state index in [1.54, 1.807) is 109 Å². The Morgan fingerprint density at radius 1 is 0.609 bits per heavy atom. The lowest BCUT2D eigenvalue weighted by molar-refractivity contribution is -0.313. The van der Waals surface area contributed by atoms with Crippen LogP contribution in [0.15, 0.2) is 121 Å². The van der Waals surface area contributed by atoms with Crippen molar-refractivity contribution in [1.29, 1.82) is 5.41 Å². The molecule has 242 valence electrons. The van der Waals surface area contributed by atoms with Crippen LogP contribution >= 0.6 is 34.8 Å². The zero-order chi connectivity index (χ0) is 35.7. The summed E-state index contributed by atoms with van der Waals surface area (Å²) in [7, 11) is 0. The lowest BCUT2D eigenvalue weighted by Gasteiger charge is -2.46. The lowest BCUT2D eigenvalue weighted by Crippen LogP contribution is -2.62. The minimum Gasteiger partial charge on any atom is -0.445 e. The molecule has 1 N–H and O–H groups in total. The van der Waals surface area contributed by atoms with Crippen LogP contribution in [0.1, 0.15) is 27.7 Å². The molecule has 4 aromatic carbocycles. The summed E-state index contributed by atoms with van der Waals surface area (Å²) in [6, 6.07) is 35.2. The van der Waals surface area contributed by atoms with Crippen LogP contribution in [-0.4, -0.2) is 47.0 Å². The van der Waals surface area contributed by atoms with Crippen molar-refractivity contribution in [2.45, 2.75) is 60.8 Å². The molecule has 0 saturated carbocycles. The van der Waals surface area contributed by atoms with Gasteiger partial charge in [-0.1, -0.05) is 156 Å².